The molecule has 1 aromatic heterocycles. The second kappa shape index (κ2) is 6.48. The number of alkyl halides is 2. The highest BCUT2D eigenvalue weighted by atomic mass is 79.9. The van der Waals surface area contributed by atoms with Crippen LogP contribution in [0.4, 0.5) is 8.78 Å². The Hall–Kier alpha value is -1.01. The van der Waals surface area contributed by atoms with E-state index >= 15 is 0 Å². The largest absolute Gasteiger partial charge is 0.380 e. The van der Waals surface area contributed by atoms with Crippen molar-refractivity contribution in [3.63, 3.8) is 0 Å². The molecule has 0 aliphatic heterocycles. The standard InChI is InChI=1S/C17H21BrF2N2O/c1-11(23-2)10-22-15-9-13(18)3-4-14(15)21-16(22)12-5-7-17(19,20)8-6-12/h3-4,9,11-12H,5-8,10H2,1-2H3/t11-/m1/s1. The fraction of sp³-hybridized carbons (Fsp3) is 0.588. The molecule has 1 heterocycles. The van der Waals surface area contributed by atoms with Crippen LogP contribution in [0.2, 0.25) is 0 Å². The number of nitrogens with zero attached hydrogens (tertiary/aromatic N) is 2. The Morgan fingerprint density at radius 2 is 2.09 bits per heavy atom. The third-order valence-electron chi connectivity index (χ3n) is 4.66. The molecule has 0 unspecified atom stereocenters. The zero-order valence-corrected chi connectivity index (χ0v) is 14.9. The van der Waals surface area contributed by atoms with Gasteiger partial charge in [0.2, 0.25) is 5.92 Å². The molecule has 1 aliphatic carbocycles. The molecule has 0 radical (unpaired) electrons. The van der Waals surface area contributed by atoms with E-state index in [9.17, 15) is 8.78 Å². The molecule has 1 saturated carbocycles. The Labute approximate surface area is 143 Å². The molecule has 3 rings (SSSR count). The summed E-state index contributed by atoms with van der Waals surface area (Å²) < 4.78 is 35.4. The summed E-state index contributed by atoms with van der Waals surface area (Å²) >= 11 is 3.50. The first kappa shape index (κ1) is 16.8. The molecule has 23 heavy (non-hydrogen) atoms. The van der Waals surface area contributed by atoms with E-state index in [0.29, 0.717) is 19.4 Å². The fourth-order valence-corrected chi connectivity index (χ4v) is 3.60. The van der Waals surface area contributed by atoms with E-state index in [1.807, 2.05) is 25.1 Å². The van der Waals surface area contributed by atoms with Crippen molar-refractivity contribution in [3.05, 3.63) is 28.5 Å². The Morgan fingerprint density at radius 1 is 1.39 bits per heavy atom. The van der Waals surface area contributed by atoms with Crippen LogP contribution in [0.25, 0.3) is 11.0 Å². The van der Waals surface area contributed by atoms with Crippen LogP contribution >= 0.6 is 15.9 Å². The van der Waals surface area contributed by atoms with Crippen molar-refractivity contribution in [2.45, 2.75) is 57.1 Å². The third kappa shape index (κ3) is 3.58. The van der Waals surface area contributed by atoms with Crippen LogP contribution in [0.15, 0.2) is 22.7 Å². The number of halogens is 3. The van der Waals surface area contributed by atoms with Crippen LogP contribution in [0.3, 0.4) is 0 Å². The molecule has 0 N–H and O–H groups in total. The quantitative estimate of drug-likeness (QED) is 0.728. The van der Waals surface area contributed by atoms with Crippen LogP contribution in [0, 0.1) is 0 Å². The monoisotopic (exact) mass is 386 g/mol. The summed E-state index contributed by atoms with van der Waals surface area (Å²) in [6, 6.07) is 5.96. The highest BCUT2D eigenvalue weighted by molar-refractivity contribution is 9.10. The summed E-state index contributed by atoms with van der Waals surface area (Å²) in [7, 11) is 1.68. The second-order valence-corrected chi connectivity index (χ2v) is 7.31. The zero-order valence-electron chi connectivity index (χ0n) is 13.4. The lowest BCUT2D eigenvalue weighted by Crippen LogP contribution is -2.26. The summed E-state index contributed by atoms with van der Waals surface area (Å²) in [5, 5.41) is 0. The maximum Gasteiger partial charge on any atom is 0.248 e. The highest BCUT2D eigenvalue weighted by Crippen LogP contribution is 2.41. The molecule has 2 aromatic rings. The first-order valence-corrected chi connectivity index (χ1v) is 8.75. The van der Waals surface area contributed by atoms with Crippen LogP contribution in [-0.2, 0) is 11.3 Å². The number of methoxy groups -OCH3 is 1. The smallest absolute Gasteiger partial charge is 0.248 e. The molecule has 1 fully saturated rings. The normalized spacial score (nSPS) is 20.0. The van der Waals surface area contributed by atoms with Gasteiger partial charge in [-0.2, -0.15) is 0 Å². The van der Waals surface area contributed by atoms with Gasteiger partial charge in [-0.25, -0.2) is 13.8 Å². The minimum absolute atomic E-state index is 0.0372. The van der Waals surface area contributed by atoms with Gasteiger partial charge >= 0.3 is 0 Å². The van der Waals surface area contributed by atoms with Crippen LogP contribution in [0.5, 0.6) is 0 Å². The predicted octanol–water partition coefficient (Wildman–Crippen LogP) is 5.13. The van der Waals surface area contributed by atoms with E-state index in [-0.39, 0.29) is 24.9 Å². The van der Waals surface area contributed by atoms with E-state index in [4.69, 9.17) is 9.72 Å². The summed E-state index contributed by atoms with van der Waals surface area (Å²) in [5.74, 6) is -1.52. The number of hydrogen-bond acceptors (Lipinski definition) is 2. The average molecular weight is 387 g/mol. The van der Waals surface area contributed by atoms with Gasteiger partial charge in [0.1, 0.15) is 5.82 Å². The second-order valence-electron chi connectivity index (χ2n) is 6.39. The molecule has 1 atom stereocenters. The number of rotatable bonds is 4. The average Bonchev–Trinajstić information content (AvgIpc) is 2.85. The maximum absolute atomic E-state index is 13.5. The van der Waals surface area contributed by atoms with Crippen LogP contribution < -0.4 is 0 Å². The maximum atomic E-state index is 13.5. The summed E-state index contributed by atoms with van der Waals surface area (Å²) in [6.45, 7) is 2.67. The van der Waals surface area contributed by atoms with Gasteiger partial charge in [-0.3, -0.25) is 0 Å². The molecule has 0 spiro atoms. The first-order chi connectivity index (χ1) is 10.9. The molecular weight excluding hydrogens is 366 g/mol. The number of hydrogen-bond donors (Lipinski definition) is 0. The minimum Gasteiger partial charge on any atom is -0.380 e. The van der Waals surface area contributed by atoms with Crippen molar-refractivity contribution < 1.29 is 13.5 Å². The molecule has 0 amide bonds. The van der Waals surface area contributed by atoms with Crippen LogP contribution in [-0.4, -0.2) is 28.7 Å². The van der Waals surface area contributed by atoms with Crippen molar-refractivity contribution in [1.29, 1.82) is 0 Å². The van der Waals surface area contributed by atoms with Crippen molar-refractivity contribution >= 4 is 27.0 Å². The lowest BCUT2D eigenvalue weighted by molar-refractivity contribution is -0.0390. The van der Waals surface area contributed by atoms with Gasteiger partial charge in [-0.05, 0) is 38.0 Å². The molecule has 0 bridgehead atoms. The van der Waals surface area contributed by atoms with Gasteiger partial charge < -0.3 is 9.30 Å². The molecular formula is C17H21BrF2N2O. The lowest BCUT2D eigenvalue weighted by atomic mass is 9.86. The first-order valence-electron chi connectivity index (χ1n) is 7.96. The van der Waals surface area contributed by atoms with Gasteiger partial charge in [0.25, 0.3) is 0 Å². The van der Waals surface area contributed by atoms with Gasteiger partial charge in [0, 0.05) is 30.3 Å². The Balaban J connectivity index is 1.99. The van der Waals surface area contributed by atoms with E-state index < -0.39 is 5.92 Å². The van der Waals surface area contributed by atoms with Crippen molar-refractivity contribution in [3.8, 4) is 0 Å². The summed E-state index contributed by atoms with van der Waals surface area (Å²) in [4.78, 5) is 4.75. The summed E-state index contributed by atoms with van der Waals surface area (Å²) in [6.07, 6.45) is 0.905. The van der Waals surface area contributed by atoms with Gasteiger partial charge in [-0.15, -0.1) is 0 Å². The van der Waals surface area contributed by atoms with Crippen molar-refractivity contribution in [1.82, 2.24) is 9.55 Å². The Kier molecular flexibility index (Phi) is 4.74. The van der Waals surface area contributed by atoms with Crippen LogP contribution in [0.1, 0.15) is 44.3 Å². The fourth-order valence-electron chi connectivity index (χ4n) is 3.25. The molecule has 126 valence electrons. The molecule has 1 aliphatic rings. The third-order valence-corrected chi connectivity index (χ3v) is 5.16. The predicted molar refractivity (Wildman–Crippen MR) is 90.1 cm³/mol. The van der Waals surface area contributed by atoms with E-state index in [1.54, 1.807) is 7.11 Å². The van der Waals surface area contributed by atoms with Gasteiger partial charge in [0.15, 0.2) is 0 Å². The molecule has 3 nitrogen and oxygen atoms in total. The van der Waals surface area contributed by atoms with E-state index in [1.165, 1.54) is 0 Å². The summed E-state index contributed by atoms with van der Waals surface area (Å²) in [5.41, 5.74) is 1.93. The minimum atomic E-state index is -2.52. The Bertz CT molecular complexity index is 691. The number of fused-ring (bicyclic) bond motifs is 1. The zero-order chi connectivity index (χ0) is 16.6. The SMILES string of the molecule is CO[C@H](C)Cn1c(C2CCC(F)(F)CC2)nc2ccc(Br)cc21. The van der Waals surface area contributed by atoms with Gasteiger partial charge in [-0.1, -0.05) is 15.9 Å². The van der Waals surface area contributed by atoms with Crippen molar-refractivity contribution in [2.24, 2.45) is 0 Å². The Morgan fingerprint density at radius 3 is 2.74 bits per heavy atom. The number of ether oxygens (including phenoxy) is 1. The van der Waals surface area contributed by atoms with Gasteiger partial charge in [0.05, 0.1) is 23.7 Å². The molecule has 6 heteroatoms. The van der Waals surface area contributed by atoms with Crippen molar-refractivity contribution in [2.75, 3.05) is 7.11 Å². The highest BCUT2D eigenvalue weighted by Gasteiger charge is 2.37. The molecule has 1 aromatic carbocycles. The molecule has 0 saturated heterocycles. The number of aromatic nitrogens is 2. The van der Waals surface area contributed by atoms with E-state index in [2.05, 4.69) is 20.5 Å². The topological polar surface area (TPSA) is 27.1 Å². The van der Waals surface area contributed by atoms with E-state index in [0.717, 1.165) is 21.3 Å². The lowest BCUT2D eigenvalue weighted by Gasteiger charge is -2.28. The number of imidazole rings is 1. The number of benzene rings is 1.